The third kappa shape index (κ3) is 3.37. The molecule has 104 valence electrons. The highest BCUT2D eigenvalue weighted by molar-refractivity contribution is 9.10. The maximum atomic E-state index is 12.7. The quantitative estimate of drug-likeness (QED) is 0.928. The lowest BCUT2D eigenvalue weighted by Crippen LogP contribution is -2.44. The molecule has 1 amide bonds. The molecule has 3 nitrogen and oxygen atoms in total. The SMILES string of the molecule is Cc1ccc(C(=O)N2CCCCC2CCN)c(Br)c1. The first-order valence-corrected chi connectivity index (χ1v) is 7.70. The first kappa shape index (κ1) is 14.5. The van der Waals surface area contributed by atoms with Gasteiger partial charge in [0, 0.05) is 17.1 Å². The van der Waals surface area contributed by atoms with Gasteiger partial charge in [0.05, 0.1) is 5.56 Å². The zero-order chi connectivity index (χ0) is 13.8. The van der Waals surface area contributed by atoms with E-state index in [4.69, 9.17) is 5.73 Å². The van der Waals surface area contributed by atoms with E-state index in [1.165, 1.54) is 6.42 Å². The van der Waals surface area contributed by atoms with Crippen LogP contribution in [0.25, 0.3) is 0 Å². The molecule has 2 rings (SSSR count). The Morgan fingerprint density at radius 1 is 1.47 bits per heavy atom. The van der Waals surface area contributed by atoms with Gasteiger partial charge >= 0.3 is 0 Å². The largest absolute Gasteiger partial charge is 0.336 e. The Hall–Kier alpha value is -0.870. The summed E-state index contributed by atoms with van der Waals surface area (Å²) < 4.78 is 0.884. The van der Waals surface area contributed by atoms with Gasteiger partial charge in [-0.3, -0.25) is 4.79 Å². The molecule has 1 unspecified atom stereocenters. The van der Waals surface area contributed by atoms with Crippen molar-refractivity contribution in [2.45, 2.75) is 38.6 Å². The van der Waals surface area contributed by atoms with Crippen LogP contribution >= 0.6 is 15.9 Å². The molecule has 0 aliphatic carbocycles. The summed E-state index contributed by atoms with van der Waals surface area (Å²) >= 11 is 3.50. The van der Waals surface area contributed by atoms with Crippen molar-refractivity contribution in [2.75, 3.05) is 13.1 Å². The van der Waals surface area contributed by atoms with Crippen molar-refractivity contribution in [1.82, 2.24) is 4.90 Å². The summed E-state index contributed by atoms with van der Waals surface area (Å²) in [5.41, 5.74) is 7.58. The normalized spacial score (nSPS) is 19.5. The second kappa shape index (κ2) is 6.53. The van der Waals surface area contributed by atoms with E-state index in [1.54, 1.807) is 0 Å². The fourth-order valence-corrected chi connectivity index (χ4v) is 3.37. The molecular weight excluding hydrogens is 304 g/mol. The number of carbonyl (C=O) groups is 1. The third-order valence-electron chi connectivity index (χ3n) is 3.74. The number of nitrogens with two attached hydrogens (primary N) is 1. The molecule has 1 heterocycles. The van der Waals surface area contributed by atoms with Gasteiger partial charge in [0.1, 0.15) is 0 Å². The number of amides is 1. The Balaban J connectivity index is 2.21. The van der Waals surface area contributed by atoms with E-state index in [1.807, 2.05) is 30.0 Å². The summed E-state index contributed by atoms with van der Waals surface area (Å²) in [5, 5.41) is 0. The first-order chi connectivity index (χ1) is 9.13. The summed E-state index contributed by atoms with van der Waals surface area (Å²) in [6.07, 6.45) is 4.27. The van der Waals surface area contributed by atoms with E-state index < -0.39 is 0 Å². The van der Waals surface area contributed by atoms with Crippen LogP contribution in [0.5, 0.6) is 0 Å². The lowest BCUT2D eigenvalue weighted by Gasteiger charge is -2.36. The van der Waals surface area contributed by atoms with Gasteiger partial charge in [-0.2, -0.15) is 0 Å². The smallest absolute Gasteiger partial charge is 0.255 e. The summed E-state index contributed by atoms with van der Waals surface area (Å²) in [6.45, 7) is 3.52. The molecule has 1 aromatic carbocycles. The van der Waals surface area contributed by atoms with Gasteiger partial charge in [0.2, 0.25) is 0 Å². The summed E-state index contributed by atoms with van der Waals surface area (Å²) in [5.74, 6) is 0.130. The Labute approximate surface area is 123 Å². The van der Waals surface area contributed by atoms with E-state index in [0.29, 0.717) is 12.6 Å². The first-order valence-electron chi connectivity index (χ1n) is 6.90. The number of piperidine rings is 1. The number of halogens is 1. The minimum atomic E-state index is 0.130. The molecule has 2 N–H and O–H groups in total. The molecule has 4 heteroatoms. The van der Waals surface area contributed by atoms with Gasteiger partial charge in [-0.15, -0.1) is 0 Å². The molecule has 0 saturated carbocycles. The third-order valence-corrected chi connectivity index (χ3v) is 4.40. The van der Waals surface area contributed by atoms with Gasteiger partial charge < -0.3 is 10.6 Å². The lowest BCUT2D eigenvalue weighted by atomic mass is 9.98. The maximum absolute atomic E-state index is 12.7. The minimum Gasteiger partial charge on any atom is -0.336 e. The van der Waals surface area contributed by atoms with E-state index in [9.17, 15) is 4.79 Å². The monoisotopic (exact) mass is 324 g/mol. The number of rotatable bonds is 3. The fraction of sp³-hybridized carbons (Fsp3) is 0.533. The molecule has 1 aromatic rings. The van der Waals surface area contributed by atoms with Crippen molar-refractivity contribution in [3.63, 3.8) is 0 Å². The van der Waals surface area contributed by atoms with Crippen LogP contribution in [0.15, 0.2) is 22.7 Å². The average molecular weight is 325 g/mol. The van der Waals surface area contributed by atoms with Gasteiger partial charge in [0.25, 0.3) is 5.91 Å². The summed E-state index contributed by atoms with van der Waals surface area (Å²) in [6, 6.07) is 6.20. The standard InChI is InChI=1S/C15H21BrN2O/c1-11-5-6-13(14(16)10-11)15(19)18-9-3-2-4-12(18)7-8-17/h5-6,10,12H,2-4,7-9,17H2,1H3. The predicted octanol–water partition coefficient (Wildman–Crippen LogP) is 3.10. The van der Waals surface area contributed by atoms with Crippen molar-refractivity contribution < 1.29 is 4.79 Å². The van der Waals surface area contributed by atoms with E-state index in [0.717, 1.165) is 41.4 Å². The van der Waals surface area contributed by atoms with Crippen LogP contribution in [-0.2, 0) is 0 Å². The number of carbonyl (C=O) groups excluding carboxylic acids is 1. The van der Waals surface area contributed by atoms with E-state index >= 15 is 0 Å². The van der Waals surface area contributed by atoms with Crippen LogP contribution in [0.3, 0.4) is 0 Å². The van der Waals surface area contributed by atoms with Crippen LogP contribution in [0.2, 0.25) is 0 Å². The Kier molecular flexibility index (Phi) is 4.99. The second-order valence-electron chi connectivity index (χ2n) is 5.21. The van der Waals surface area contributed by atoms with Gasteiger partial charge in [-0.1, -0.05) is 6.07 Å². The topological polar surface area (TPSA) is 46.3 Å². The van der Waals surface area contributed by atoms with Crippen LogP contribution in [0.1, 0.15) is 41.6 Å². The molecule has 0 radical (unpaired) electrons. The van der Waals surface area contributed by atoms with Crippen LogP contribution < -0.4 is 5.73 Å². The Bertz CT molecular complexity index is 459. The lowest BCUT2D eigenvalue weighted by molar-refractivity contribution is 0.0604. The molecule has 1 aliphatic rings. The van der Waals surface area contributed by atoms with Crippen LogP contribution in [0.4, 0.5) is 0 Å². The van der Waals surface area contributed by atoms with Crippen molar-refractivity contribution in [3.05, 3.63) is 33.8 Å². The van der Waals surface area contributed by atoms with Crippen molar-refractivity contribution in [2.24, 2.45) is 5.73 Å². The molecule has 0 bridgehead atoms. The molecule has 0 spiro atoms. The van der Waals surface area contributed by atoms with Gasteiger partial charge in [-0.25, -0.2) is 0 Å². The second-order valence-corrected chi connectivity index (χ2v) is 6.06. The minimum absolute atomic E-state index is 0.130. The summed E-state index contributed by atoms with van der Waals surface area (Å²) in [7, 11) is 0. The van der Waals surface area contributed by atoms with Gasteiger partial charge in [-0.05, 0) is 72.8 Å². The highest BCUT2D eigenvalue weighted by Crippen LogP contribution is 2.25. The summed E-state index contributed by atoms with van der Waals surface area (Å²) in [4.78, 5) is 14.7. The molecule has 1 fully saturated rings. The highest BCUT2D eigenvalue weighted by Gasteiger charge is 2.27. The number of likely N-dealkylation sites (tertiary alicyclic amines) is 1. The van der Waals surface area contributed by atoms with Crippen LogP contribution in [-0.4, -0.2) is 29.9 Å². The van der Waals surface area contributed by atoms with Gasteiger partial charge in [0.15, 0.2) is 0 Å². The molecular formula is C15H21BrN2O. The maximum Gasteiger partial charge on any atom is 0.255 e. The Morgan fingerprint density at radius 3 is 2.95 bits per heavy atom. The van der Waals surface area contributed by atoms with Crippen molar-refractivity contribution in [3.8, 4) is 0 Å². The number of aryl methyl sites for hydroxylation is 1. The predicted molar refractivity (Wildman–Crippen MR) is 81.2 cm³/mol. The number of hydrogen-bond acceptors (Lipinski definition) is 2. The number of nitrogens with zero attached hydrogens (tertiary/aromatic N) is 1. The zero-order valence-corrected chi connectivity index (χ0v) is 12.9. The Morgan fingerprint density at radius 2 is 2.26 bits per heavy atom. The number of hydrogen-bond donors (Lipinski definition) is 1. The molecule has 19 heavy (non-hydrogen) atoms. The van der Waals surface area contributed by atoms with Crippen LogP contribution in [0, 0.1) is 6.92 Å². The average Bonchev–Trinajstić information content (AvgIpc) is 2.39. The molecule has 1 atom stereocenters. The highest BCUT2D eigenvalue weighted by atomic mass is 79.9. The molecule has 1 saturated heterocycles. The number of benzene rings is 1. The van der Waals surface area contributed by atoms with Crippen molar-refractivity contribution >= 4 is 21.8 Å². The zero-order valence-electron chi connectivity index (χ0n) is 11.4. The fourth-order valence-electron chi connectivity index (χ4n) is 2.71. The van der Waals surface area contributed by atoms with E-state index in [-0.39, 0.29) is 5.91 Å². The van der Waals surface area contributed by atoms with E-state index in [2.05, 4.69) is 15.9 Å². The van der Waals surface area contributed by atoms with Crippen molar-refractivity contribution in [1.29, 1.82) is 0 Å². The molecule has 0 aromatic heterocycles. The molecule has 1 aliphatic heterocycles.